The molecule has 0 bridgehead atoms. The Balaban J connectivity index is 2.26. The first kappa shape index (κ1) is 14.8. The van der Waals surface area contributed by atoms with E-state index in [1.165, 1.54) is 24.3 Å². The highest BCUT2D eigenvalue weighted by Crippen LogP contribution is 2.30. The molecule has 1 heterocycles. The molecule has 0 aliphatic rings. The van der Waals surface area contributed by atoms with Gasteiger partial charge >= 0.3 is 0 Å². The van der Waals surface area contributed by atoms with Crippen LogP contribution >= 0.6 is 0 Å². The summed E-state index contributed by atoms with van der Waals surface area (Å²) in [6.07, 6.45) is 0. The number of carbonyl (C=O) groups is 1. The van der Waals surface area contributed by atoms with Crippen molar-refractivity contribution < 1.29 is 18.0 Å². The Kier molecular flexibility index (Phi) is 3.61. The number of nitrogens with zero attached hydrogens (tertiary/aromatic N) is 1. The maximum absolute atomic E-state index is 13.9. The predicted octanol–water partition coefficient (Wildman–Crippen LogP) is 3.26. The van der Waals surface area contributed by atoms with Gasteiger partial charge in [0.15, 0.2) is 0 Å². The fraction of sp³-hybridized carbons (Fsp3) is 0. The number of hydrogen-bond donors (Lipinski definition) is 2. The molecule has 4 nitrogen and oxygen atoms in total. The Bertz CT molecular complexity index is 885. The SMILES string of the molecule is NC(=O)c1[nH]c(-c2c(F)cccc2F)nc1-c1ccccc1F. The molecule has 0 atom stereocenters. The predicted molar refractivity (Wildman–Crippen MR) is 77.9 cm³/mol. The summed E-state index contributed by atoms with van der Waals surface area (Å²) >= 11 is 0. The van der Waals surface area contributed by atoms with Crippen molar-refractivity contribution in [2.75, 3.05) is 0 Å². The minimum Gasteiger partial charge on any atom is -0.364 e. The molecule has 3 N–H and O–H groups in total. The number of nitrogens with one attached hydrogen (secondary N) is 1. The molecule has 1 aromatic heterocycles. The number of halogens is 3. The first-order valence-corrected chi connectivity index (χ1v) is 6.58. The topological polar surface area (TPSA) is 71.8 Å². The fourth-order valence-corrected chi connectivity index (χ4v) is 2.24. The van der Waals surface area contributed by atoms with Gasteiger partial charge in [0.2, 0.25) is 0 Å². The monoisotopic (exact) mass is 317 g/mol. The van der Waals surface area contributed by atoms with E-state index >= 15 is 0 Å². The highest BCUT2D eigenvalue weighted by molar-refractivity contribution is 5.98. The highest BCUT2D eigenvalue weighted by Gasteiger charge is 2.22. The van der Waals surface area contributed by atoms with Gasteiger partial charge < -0.3 is 10.7 Å². The lowest BCUT2D eigenvalue weighted by Crippen LogP contribution is -2.13. The van der Waals surface area contributed by atoms with E-state index in [4.69, 9.17) is 5.73 Å². The third kappa shape index (κ3) is 2.57. The van der Waals surface area contributed by atoms with Gasteiger partial charge in [0.05, 0.1) is 5.56 Å². The second kappa shape index (κ2) is 5.60. The lowest BCUT2D eigenvalue weighted by Gasteiger charge is -2.01. The number of H-pyrrole nitrogens is 1. The number of rotatable bonds is 3. The van der Waals surface area contributed by atoms with Gasteiger partial charge in [-0.2, -0.15) is 0 Å². The molecular formula is C16H10F3N3O. The molecule has 0 saturated carbocycles. The first-order chi connectivity index (χ1) is 11.0. The van der Waals surface area contributed by atoms with Gasteiger partial charge in [-0.3, -0.25) is 4.79 Å². The van der Waals surface area contributed by atoms with Crippen molar-refractivity contribution in [3.8, 4) is 22.6 Å². The average Bonchev–Trinajstić information content (AvgIpc) is 2.92. The Labute approximate surface area is 128 Å². The van der Waals surface area contributed by atoms with E-state index in [0.717, 1.165) is 12.1 Å². The molecule has 3 aromatic rings. The van der Waals surface area contributed by atoms with Crippen LogP contribution in [0.5, 0.6) is 0 Å². The van der Waals surface area contributed by atoms with Crippen molar-refractivity contribution in [1.82, 2.24) is 9.97 Å². The molecule has 0 saturated heterocycles. The Morgan fingerprint density at radius 3 is 2.17 bits per heavy atom. The minimum absolute atomic E-state index is 0.000507. The number of imidazole rings is 1. The van der Waals surface area contributed by atoms with Gasteiger partial charge in [0.25, 0.3) is 5.91 Å². The van der Waals surface area contributed by atoms with Crippen molar-refractivity contribution in [2.24, 2.45) is 5.73 Å². The number of primary amides is 1. The Morgan fingerprint density at radius 2 is 1.57 bits per heavy atom. The summed E-state index contributed by atoms with van der Waals surface area (Å²) in [4.78, 5) is 18.0. The molecule has 0 unspecified atom stereocenters. The zero-order valence-corrected chi connectivity index (χ0v) is 11.6. The number of hydrogen-bond acceptors (Lipinski definition) is 2. The number of aromatic nitrogens is 2. The van der Waals surface area contributed by atoms with E-state index in [2.05, 4.69) is 9.97 Å². The summed E-state index contributed by atoms with van der Waals surface area (Å²) in [6.45, 7) is 0. The summed E-state index contributed by atoms with van der Waals surface area (Å²) < 4.78 is 41.7. The van der Waals surface area contributed by atoms with Crippen LogP contribution < -0.4 is 5.73 Å². The molecule has 23 heavy (non-hydrogen) atoms. The van der Waals surface area contributed by atoms with Crippen LogP contribution in [-0.4, -0.2) is 15.9 Å². The van der Waals surface area contributed by atoms with Crippen LogP contribution in [0, 0.1) is 17.5 Å². The number of aromatic amines is 1. The largest absolute Gasteiger partial charge is 0.364 e. The van der Waals surface area contributed by atoms with Crippen LogP contribution in [0.1, 0.15) is 10.5 Å². The van der Waals surface area contributed by atoms with Crippen molar-refractivity contribution >= 4 is 5.91 Å². The minimum atomic E-state index is -0.918. The van der Waals surface area contributed by atoms with Crippen molar-refractivity contribution in [3.05, 3.63) is 65.6 Å². The molecule has 0 spiro atoms. The quantitative estimate of drug-likeness (QED) is 0.778. The number of amides is 1. The molecule has 0 radical (unpaired) electrons. The van der Waals surface area contributed by atoms with Crippen LogP contribution in [0.25, 0.3) is 22.6 Å². The van der Waals surface area contributed by atoms with E-state index in [1.54, 1.807) is 6.07 Å². The lowest BCUT2D eigenvalue weighted by molar-refractivity contribution is 0.0996. The molecule has 3 rings (SSSR count). The van der Waals surface area contributed by atoms with E-state index in [9.17, 15) is 18.0 Å². The van der Waals surface area contributed by atoms with E-state index in [1.807, 2.05) is 0 Å². The second-order valence-corrected chi connectivity index (χ2v) is 4.75. The van der Waals surface area contributed by atoms with Gasteiger partial charge in [0, 0.05) is 5.56 Å². The van der Waals surface area contributed by atoms with Gasteiger partial charge in [-0.15, -0.1) is 0 Å². The fourth-order valence-electron chi connectivity index (χ4n) is 2.24. The lowest BCUT2D eigenvalue weighted by atomic mass is 10.1. The van der Waals surface area contributed by atoms with Gasteiger partial charge in [-0.25, -0.2) is 18.2 Å². The van der Waals surface area contributed by atoms with E-state index in [-0.39, 0.29) is 22.8 Å². The number of nitrogens with two attached hydrogens (primary N) is 1. The van der Waals surface area contributed by atoms with Gasteiger partial charge in [-0.05, 0) is 24.3 Å². The maximum atomic E-state index is 13.9. The molecule has 116 valence electrons. The molecular weight excluding hydrogens is 307 g/mol. The van der Waals surface area contributed by atoms with Crippen molar-refractivity contribution in [1.29, 1.82) is 0 Å². The van der Waals surface area contributed by atoms with Crippen molar-refractivity contribution in [2.45, 2.75) is 0 Å². The summed E-state index contributed by atoms with van der Waals surface area (Å²) in [5.41, 5.74) is 4.47. The van der Waals surface area contributed by atoms with Crippen LogP contribution in [0.3, 0.4) is 0 Å². The first-order valence-electron chi connectivity index (χ1n) is 6.58. The zero-order chi connectivity index (χ0) is 16.6. The van der Waals surface area contributed by atoms with Gasteiger partial charge in [-0.1, -0.05) is 18.2 Å². The number of benzene rings is 2. The van der Waals surface area contributed by atoms with E-state index < -0.39 is 28.9 Å². The smallest absolute Gasteiger partial charge is 0.267 e. The van der Waals surface area contributed by atoms with Crippen LogP contribution in [0.4, 0.5) is 13.2 Å². The third-order valence-corrected chi connectivity index (χ3v) is 3.28. The van der Waals surface area contributed by atoms with Gasteiger partial charge in [0.1, 0.15) is 34.7 Å². The molecule has 0 fully saturated rings. The number of carbonyl (C=O) groups excluding carboxylic acids is 1. The molecule has 2 aromatic carbocycles. The highest BCUT2D eigenvalue weighted by atomic mass is 19.1. The van der Waals surface area contributed by atoms with Crippen LogP contribution in [0.2, 0.25) is 0 Å². The molecule has 0 aliphatic carbocycles. The average molecular weight is 317 g/mol. The summed E-state index contributed by atoms with van der Waals surface area (Å²) in [5.74, 6) is -3.53. The summed E-state index contributed by atoms with van der Waals surface area (Å²) in [7, 11) is 0. The van der Waals surface area contributed by atoms with E-state index in [0.29, 0.717) is 0 Å². The molecule has 0 aliphatic heterocycles. The zero-order valence-electron chi connectivity index (χ0n) is 11.6. The molecule has 7 heteroatoms. The Hall–Kier alpha value is -3.09. The maximum Gasteiger partial charge on any atom is 0.267 e. The normalized spacial score (nSPS) is 10.7. The third-order valence-electron chi connectivity index (χ3n) is 3.28. The van der Waals surface area contributed by atoms with Crippen LogP contribution in [-0.2, 0) is 0 Å². The van der Waals surface area contributed by atoms with Crippen molar-refractivity contribution in [3.63, 3.8) is 0 Å². The Morgan fingerprint density at radius 1 is 0.957 bits per heavy atom. The van der Waals surface area contributed by atoms with Crippen LogP contribution in [0.15, 0.2) is 42.5 Å². The molecule has 1 amide bonds. The summed E-state index contributed by atoms with van der Waals surface area (Å²) in [6, 6.07) is 8.87. The standard InChI is InChI=1S/C16H10F3N3O/c17-9-5-2-1-4-8(9)13-14(15(20)23)22-16(21-13)12-10(18)6-3-7-11(12)19/h1-7H,(H2,20,23)(H,21,22). The second-order valence-electron chi connectivity index (χ2n) is 4.75. The summed E-state index contributed by atoms with van der Waals surface area (Å²) in [5, 5.41) is 0.